The molecule has 0 amide bonds. The summed E-state index contributed by atoms with van der Waals surface area (Å²) in [5, 5.41) is 24.4. The minimum absolute atomic E-state index is 0.0535. The molecule has 0 aliphatic carbocycles. The summed E-state index contributed by atoms with van der Waals surface area (Å²) in [5.74, 6) is -1.11. The van der Waals surface area contributed by atoms with Crippen molar-refractivity contribution in [3.8, 4) is 11.4 Å². The van der Waals surface area contributed by atoms with E-state index in [0.717, 1.165) is 11.1 Å². The molecule has 6 rings (SSSR count). The highest BCUT2D eigenvalue weighted by Gasteiger charge is 2.39. The van der Waals surface area contributed by atoms with Gasteiger partial charge in [-0.25, -0.2) is 4.99 Å². The van der Waals surface area contributed by atoms with Crippen LogP contribution in [0.25, 0.3) is 11.4 Å². The van der Waals surface area contributed by atoms with Gasteiger partial charge < -0.3 is 0 Å². The first-order valence-corrected chi connectivity index (χ1v) is 16.2. The highest BCUT2D eigenvalue weighted by atomic mass is 32.3. The Kier molecular flexibility index (Phi) is 7.74. The number of sulfonamides is 2. The maximum Gasteiger partial charge on any atom is 0.292 e. The molecular weight excluding hydrogens is 617 g/mol. The number of rotatable bonds is 8. The second-order valence-corrected chi connectivity index (χ2v) is 13.5. The SMILES string of the molecule is Cc1ccc(S(=O)(=O)N(c2nnc(/N=c3\[n-][n+](-c4ccccc4)nn3-c3ccccc3)nn2)S(=O)(=O)c2ccc(C)cc2)cc1. The van der Waals surface area contributed by atoms with Gasteiger partial charge in [-0.1, -0.05) is 76.6 Å². The second kappa shape index (κ2) is 11.8. The fourth-order valence-corrected chi connectivity index (χ4v) is 7.60. The van der Waals surface area contributed by atoms with E-state index in [9.17, 15) is 16.8 Å². The molecule has 4 aromatic carbocycles. The maximum absolute atomic E-state index is 13.8. The molecule has 45 heavy (non-hydrogen) atoms. The van der Waals surface area contributed by atoms with Crippen molar-refractivity contribution in [3.05, 3.63) is 126 Å². The fraction of sp³-hybridized carbons (Fsp3) is 0.0690. The smallest absolute Gasteiger partial charge is 0.249 e. The molecule has 226 valence electrons. The first-order chi connectivity index (χ1) is 21.6. The van der Waals surface area contributed by atoms with Crippen molar-refractivity contribution in [3.63, 3.8) is 0 Å². The molecular formula is C29H24N10O4S2. The van der Waals surface area contributed by atoms with Crippen molar-refractivity contribution < 1.29 is 21.6 Å². The highest BCUT2D eigenvalue weighted by Crippen LogP contribution is 2.28. The lowest BCUT2D eigenvalue weighted by Gasteiger charge is -2.21. The van der Waals surface area contributed by atoms with E-state index < -0.39 is 26.0 Å². The summed E-state index contributed by atoms with van der Waals surface area (Å²) in [5.41, 5.74) is 2.91. The van der Waals surface area contributed by atoms with Crippen LogP contribution in [0.2, 0.25) is 0 Å². The van der Waals surface area contributed by atoms with Gasteiger partial charge in [-0.2, -0.15) is 16.8 Å². The summed E-state index contributed by atoms with van der Waals surface area (Å²) in [4.78, 5) is 5.12. The van der Waals surface area contributed by atoms with E-state index in [-0.39, 0.29) is 25.1 Å². The van der Waals surface area contributed by atoms with Crippen molar-refractivity contribution in [2.75, 3.05) is 3.71 Å². The maximum atomic E-state index is 13.8. The van der Waals surface area contributed by atoms with E-state index in [1.807, 2.05) is 48.5 Å². The van der Waals surface area contributed by atoms with Crippen LogP contribution >= 0.6 is 0 Å². The van der Waals surface area contributed by atoms with Crippen LogP contribution in [0.4, 0.5) is 11.9 Å². The monoisotopic (exact) mass is 640 g/mol. The molecule has 0 saturated heterocycles. The number of tetrazole rings is 1. The topological polar surface area (TPSA) is 171 Å². The number of aryl methyl sites for hydroxylation is 2. The molecule has 0 saturated carbocycles. The summed E-state index contributed by atoms with van der Waals surface area (Å²) >= 11 is 0. The van der Waals surface area contributed by atoms with Crippen molar-refractivity contribution in [1.82, 2.24) is 35.4 Å². The first kappa shape index (κ1) is 29.5. The standard InChI is InChI=1S/C29H24N10O4S2/c1-21-13-17-25(18-14-21)44(40,41)39(45(42,43)26-19-15-22(2)16-20-26)29-33-31-27(32-34-29)30-28-35-38(24-11-7-4-8-12-24)36-37(28)23-9-5-3-6-10-23/h3-20H,1-2H3/b30-28+. The number of para-hydroxylation sites is 2. The Bertz CT molecular complexity index is 2160. The summed E-state index contributed by atoms with van der Waals surface area (Å²) in [6.45, 7) is 3.55. The van der Waals surface area contributed by atoms with Gasteiger partial charge in [-0.15, -0.1) is 33.9 Å². The first-order valence-electron chi connectivity index (χ1n) is 13.4. The van der Waals surface area contributed by atoms with Crippen molar-refractivity contribution >= 4 is 31.9 Å². The summed E-state index contributed by atoms with van der Waals surface area (Å²) in [7, 11) is -9.50. The average Bonchev–Trinajstić information content (AvgIpc) is 3.47. The lowest BCUT2D eigenvalue weighted by molar-refractivity contribution is -0.723. The van der Waals surface area contributed by atoms with Crippen LogP contribution in [0.3, 0.4) is 0 Å². The van der Waals surface area contributed by atoms with Gasteiger partial charge in [0, 0.05) is 5.21 Å². The predicted molar refractivity (Wildman–Crippen MR) is 160 cm³/mol. The molecule has 6 aromatic rings. The molecule has 0 aliphatic heterocycles. The van der Waals surface area contributed by atoms with Gasteiger partial charge in [0.2, 0.25) is 5.95 Å². The molecule has 0 unspecified atom stereocenters. The summed E-state index contributed by atoms with van der Waals surface area (Å²) < 4.78 is 56.8. The van der Waals surface area contributed by atoms with Crippen LogP contribution in [-0.4, -0.2) is 47.1 Å². The molecule has 14 nitrogen and oxygen atoms in total. The third kappa shape index (κ3) is 5.96. The number of anilines is 1. The Balaban J connectivity index is 1.46. The molecule has 0 N–H and O–H groups in total. The van der Waals surface area contributed by atoms with E-state index in [1.165, 1.54) is 33.7 Å². The summed E-state index contributed by atoms with van der Waals surface area (Å²) in [6, 6.07) is 29.6. The molecule has 2 heterocycles. The third-order valence-electron chi connectivity index (χ3n) is 6.43. The minimum atomic E-state index is -4.75. The van der Waals surface area contributed by atoms with Crippen LogP contribution in [-0.2, 0) is 20.0 Å². The Morgan fingerprint density at radius 3 is 1.67 bits per heavy atom. The third-order valence-corrected chi connectivity index (χ3v) is 10.5. The highest BCUT2D eigenvalue weighted by molar-refractivity contribution is 8.10. The fourth-order valence-electron chi connectivity index (χ4n) is 4.13. The van der Waals surface area contributed by atoms with Crippen LogP contribution in [0.15, 0.2) is 124 Å². The van der Waals surface area contributed by atoms with Crippen molar-refractivity contribution in [2.45, 2.75) is 23.6 Å². The van der Waals surface area contributed by atoms with Gasteiger partial charge in [-0.3, -0.25) is 0 Å². The number of hydrogen-bond donors (Lipinski definition) is 0. The van der Waals surface area contributed by atoms with E-state index in [1.54, 1.807) is 50.2 Å². The van der Waals surface area contributed by atoms with Crippen LogP contribution in [0.1, 0.15) is 11.1 Å². The number of nitrogens with zero attached hydrogens (tertiary/aromatic N) is 10. The zero-order valence-electron chi connectivity index (χ0n) is 23.8. The Hall–Kier alpha value is -5.61. The van der Waals surface area contributed by atoms with E-state index >= 15 is 0 Å². The zero-order chi connectivity index (χ0) is 31.6. The molecule has 0 fully saturated rings. The Labute approximate surface area is 258 Å². The van der Waals surface area contributed by atoms with Gasteiger partial charge in [0.25, 0.3) is 31.6 Å². The molecule has 0 aliphatic rings. The lowest BCUT2D eigenvalue weighted by atomic mass is 10.2. The van der Waals surface area contributed by atoms with Crippen LogP contribution in [0, 0.1) is 13.8 Å². The molecule has 0 spiro atoms. The van der Waals surface area contributed by atoms with Gasteiger partial charge in [0.05, 0.1) is 9.79 Å². The van der Waals surface area contributed by atoms with Crippen LogP contribution in [0.5, 0.6) is 0 Å². The molecule has 0 bridgehead atoms. The minimum Gasteiger partial charge on any atom is -0.249 e. The van der Waals surface area contributed by atoms with Crippen molar-refractivity contribution in [1.29, 1.82) is 0 Å². The normalized spacial score (nSPS) is 12.3. The Morgan fingerprint density at radius 2 is 1.16 bits per heavy atom. The number of aromatic nitrogens is 8. The largest absolute Gasteiger partial charge is 0.292 e. The van der Waals surface area contributed by atoms with Gasteiger partial charge in [0.1, 0.15) is 5.69 Å². The van der Waals surface area contributed by atoms with Crippen molar-refractivity contribution in [2.24, 2.45) is 4.99 Å². The van der Waals surface area contributed by atoms with Crippen LogP contribution < -0.4 is 19.2 Å². The number of hydrogen-bond acceptors (Lipinski definition) is 10. The summed E-state index contributed by atoms with van der Waals surface area (Å²) in [6.07, 6.45) is 0. The molecule has 16 heteroatoms. The van der Waals surface area contributed by atoms with Gasteiger partial charge >= 0.3 is 0 Å². The molecule has 0 atom stereocenters. The van der Waals surface area contributed by atoms with Gasteiger partial charge in [0.15, 0.2) is 5.69 Å². The van der Waals surface area contributed by atoms with E-state index in [2.05, 4.69) is 35.7 Å². The Morgan fingerprint density at radius 1 is 0.667 bits per heavy atom. The molecule has 0 radical (unpaired) electrons. The predicted octanol–water partition coefficient (Wildman–Crippen LogP) is 2.12. The molecule has 2 aromatic heterocycles. The zero-order valence-corrected chi connectivity index (χ0v) is 25.4. The second-order valence-electron chi connectivity index (χ2n) is 9.71. The lowest BCUT2D eigenvalue weighted by Crippen LogP contribution is -2.40. The van der Waals surface area contributed by atoms with E-state index in [4.69, 9.17) is 0 Å². The van der Waals surface area contributed by atoms with E-state index in [0.29, 0.717) is 11.4 Å². The van der Waals surface area contributed by atoms with Gasteiger partial charge in [-0.05, 0) is 62.4 Å². The average molecular weight is 641 g/mol. The number of benzene rings is 4. The quantitative estimate of drug-likeness (QED) is 0.224.